The van der Waals surface area contributed by atoms with E-state index in [1.807, 2.05) is 18.2 Å². The van der Waals surface area contributed by atoms with Crippen LogP contribution < -0.4 is 10.6 Å². The first kappa shape index (κ1) is 16.0. The van der Waals surface area contributed by atoms with Crippen molar-refractivity contribution < 1.29 is 4.79 Å². The van der Waals surface area contributed by atoms with Crippen molar-refractivity contribution in [1.29, 1.82) is 0 Å². The second kappa shape index (κ2) is 7.48. The van der Waals surface area contributed by atoms with Gasteiger partial charge in [0.15, 0.2) is 0 Å². The predicted molar refractivity (Wildman–Crippen MR) is 82.4 cm³/mol. The van der Waals surface area contributed by atoms with Crippen molar-refractivity contribution in [3.05, 3.63) is 32.7 Å². The highest BCUT2D eigenvalue weighted by atomic mass is 79.9. The zero-order chi connectivity index (χ0) is 12.3. The van der Waals surface area contributed by atoms with E-state index in [4.69, 9.17) is 0 Å². The third kappa shape index (κ3) is 4.23. The van der Waals surface area contributed by atoms with Crippen molar-refractivity contribution in [3.8, 4) is 0 Å². The maximum atomic E-state index is 11.9. The molecule has 1 atom stereocenters. The van der Waals surface area contributed by atoms with Gasteiger partial charge in [-0.15, -0.1) is 12.4 Å². The number of amides is 1. The van der Waals surface area contributed by atoms with E-state index in [9.17, 15) is 4.79 Å². The van der Waals surface area contributed by atoms with E-state index in [1.165, 1.54) is 6.42 Å². The monoisotopic (exact) mass is 396 g/mol. The van der Waals surface area contributed by atoms with Gasteiger partial charge in [0.05, 0.1) is 5.56 Å². The minimum atomic E-state index is -0.0296. The van der Waals surface area contributed by atoms with Crippen molar-refractivity contribution >= 4 is 50.2 Å². The van der Waals surface area contributed by atoms with Crippen LogP contribution in [0.2, 0.25) is 0 Å². The van der Waals surface area contributed by atoms with Crippen molar-refractivity contribution in [2.75, 3.05) is 13.1 Å². The fourth-order valence-corrected chi connectivity index (χ4v) is 3.14. The van der Waals surface area contributed by atoms with E-state index in [1.54, 1.807) is 0 Å². The highest BCUT2D eigenvalue weighted by Gasteiger charge is 2.16. The first-order valence-electron chi connectivity index (χ1n) is 5.63. The van der Waals surface area contributed by atoms with Crippen LogP contribution in [0.1, 0.15) is 23.2 Å². The summed E-state index contributed by atoms with van der Waals surface area (Å²) in [4.78, 5) is 11.9. The summed E-state index contributed by atoms with van der Waals surface area (Å²) in [6.45, 7) is 1.75. The van der Waals surface area contributed by atoms with E-state index >= 15 is 0 Å². The summed E-state index contributed by atoms with van der Waals surface area (Å²) in [5.41, 5.74) is 0.672. The number of hydrogen-bond acceptors (Lipinski definition) is 2. The molecular weight excluding hydrogens is 383 g/mol. The average molecular weight is 399 g/mol. The van der Waals surface area contributed by atoms with Crippen LogP contribution in [0.25, 0.3) is 0 Å². The molecule has 0 bridgehead atoms. The molecule has 6 heteroatoms. The Kier molecular flexibility index (Phi) is 6.63. The lowest BCUT2D eigenvalue weighted by molar-refractivity contribution is 0.0949. The molecule has 3 nitrogen and oxygen atoms in total. The molecule has 1 aromatic carbocycles. The van der Waals surface area contributed by atoms with Gasteiger partial charge in [-0.05, 0) is 53.5 Å². The van der Waals surface area contributed by atoms with Gasteiger partial charge in [-0.2, -0.15) is 0 Å². The number of nitrogens with one attached hydrogen (secondary N) is 2. The number of halogens is 3. The minimum Gasteiger partial charge on any atom is -0.350 e. The quantitative estimate of drug-likeness (QED) is 0.822. The smallest absolute Gasteiger partial charge is 0.252 e. The second-order valence-corrected chi connectivity index (χ2v) is 5.90. The zero-order valence-corrected chi connectivity index (χ0v) is 13.7. The van der Waals surface area contributed by atoms with Gasteiger partial charge >= 0.3 is 0 Å². The predicted octanol–water partition coefficient (Wildman–Crippen LogP) is 3.12. The molecule has 0 saturated carbocycles. The zero-order valence-electron chi connectivity index (χ0n) is 9.71. The van der Waals surface area contributed by atoms with Gasteiger partial charge in [-0.25, -0.2) is 0 Å². The Labute approximate surface area is 130 Å². The Hall–Kier alpha value is -0.100. The van der Waals surface area contributed by atoms with E-state index in [0.717, 1.165) is 21.9 Å². The van der Waals surface area contributed by atoms with E-state index < -0.39 is 0 Å². The minimum absolute atomic E-state index is 0. The Morgan fingerprint density at radius 2 is 2.22 bits per heavy atom. The van der Waals surface area contributed by atoms with Gasteiger partial charge in [-0.1, -0.05) is 15.9 Å². The Balaban J connectivity index is 0.00000162. The first-order valence-corrected chi connectivity index (χ1v) is 7.22. The molecule has 1 unspecified atom stereocenters. The van der Waals surface area contributed by atoms with E-state index in [2.05, 4.69) is 42.5 Å². The van der Waals surface area contributed by atoms with Crippen LogP contribution in [0.15, 0.2) is 27.1 Å². The fraction of sp³-hybridized carbons (Fsp3) is 0.417. The summed E-state index contributed by atoms with van der Waals surface area (Å²) in [6.07, 6.45) is 2.34. The average Bonchev–Trinajstić information content (AvgIpc) is 2.78. The molecule has 0 radical (unpaired) electrons. The van der Waals surface area contributed by atoms with E-state index in [-0.39, 0.29) is 18.3 Å². The topological polar surface area (TPSA) is 41.1 Å². The van der Waals surface area contributed by atoms with Gasteiger partial charge in [-0.3, -0.25) is 4.79 Å². The number of hydrogen-bond donors (Lipinski definition) is 2. The maximum absolute atomic E-state index is 11.9. The van der Waals surface area contributed by atoms with Crippen molar-refractivity contribution in [3.63, 3.8) is 0 Å². The lowest BCUT2D eigenvalue weighted by Crippen LogP contribution is -2.37. The van der Waals surface area contributed by atoms with Crippen molar-refractivity contribution in [1.82, 2.24) is 10.6 Å². The van der Waals surface area contributed by atoms with Crippen LogP contribution in [0.3, 0.4) is 0 Å². The molecule has 0 aliphatic carbocycles. The molecule has 100 valence electrons. The number of rotatable bonds is 3. The fourth-order valence-electron chi connectivity index (χ4n) is 1.92. The number of carbonyl (C=O) groups is 1. The van der Waals surface area contributed by atoms with Gasteiger partial charge in [0.2, 0.25) is 0 Å². The summed E-state index contributed by atoms with van der Waals surface area (Å²) in [7, 11) is 0. The molecule has 0 aromatic heterocycles. The third-order valence-corrected chi connectivity index (χ3v) is 4.00. The normalized spacial score (nSPS) is 18.2. The summed E-state index contributed by atoms with van der Waals surface area (Å²) >= 11 is 6.76. The number of benzene rings is 1. The molecule has 1 aromatic rings. The van der Waals surface area contributed by atoms with Crippen molar-refractivity contribution in [2.24, 2.45) is 0 Å². The highest BCUT2D eigenvalue weighted by Crippen LogP contribution is 2.21. The van der Waals surface area contributed by atoms with E-state index in [0.29, 0.717) is 18.2 Å². The molecule has 1 saturated heterocycles. The van der Waals surface area contributed by atoms with Gasteiger partial charge in [0.1, 0.15) is 0 Å². The largest absolute Gasteiger partial charge is 0.350 e. The summed E-state index contributed by atoms with van der Waals surface area (Å²) in [6, 6.07) is 5.98. The molecular formula is C12H15Br2ClN2O. The van der Waals surface area contributed by atoms with Crippen LogP contribution in [-0.2, 0) is 0 Å². The standard InChI is InChI=1S/C12H14Br2N2O.ClH/c13-8-3-4-10(11(14)6-8)12(17)16-7-9-2-1-5-15-9;/h3-4,6,9,15H,1-2,5,7H2,(H,16,17);1H. The van der Waals surface area contributed by atoms with Crippen LogP contribution in [0.4, 0.5) is 0 Å². The first-order chi connectivity index (χ1) is 8.16. The summed E-state index contributed by atoms with van der Waals surface area (Å²) < 4.78 is 1.77. The number of carbonyl (C=O) groups excluding carboxylic acids is 1. The lowest BCUT2D eigenvalue weighted by atomic mass is 10.2. The molecule has 18 heavy (non-hydrogen) atoms. The molecule has 2 N–H and O–H groups in total. The Morgan fingerprint density at radius 3 is 2.83 bits per heavy atom. The highest BCUT2D eigenvalue weighted by molar-refractivity contribution is 9.11. The molecule has 1 aliphatic heterocycles. The third-order valence-electron chi connectivity index (χ3n) is 2.85. The molecule has 1 heterocycles. The molecule has 0 spiro atoms. The van der Waals surface area contributed by atoms with Crippen LogP contribution >= 0.6 is 44.3 Å². The van der Waals surface area contributed by atoms with Crippen LogP contribution in [0, 0.1) is 0 Å². The molecule has 1 fully saturated rings. The molecule has 1 aliphatic rings. The summed E-state index contributed by atoms with van der Waals surface area (Å²) in [5.74, 6) is -0.0296. The van der Waals surface area contributed by atoms with Crippen LogP contribution in [-0.4, -0.2) is 25.0 Å². The SMILES string of the molecule is Cl.O=C(NCC1CCCN1)c1ccc(Br)cc1Br. The van der Waals surface area contributed by atoms with Gasteiger partial charge < -0.3 is 10.6 Å². The maximum Gasteiger partial charge on any atom is 0.252 e. The van der Waals surface area contributed by atoms with Crippen molar-refractivity contribution in [2.45, 2.75) is 18.9 Å². The molecule has 1 amide bonds. The molecule has 2 rings (SSSR count). The lowest BCUT2D eigenvalue weighted by Gasteiger charge is -2.12. The van der Waals surface area contributed by atoms with Crippen LogP contribution in [0.5, 0.6) is 0 Å². The van der Waals surface area contributed by atoms with Gasteiger partial charge in [0.25, 0.3) is 5.91 Å². The summed E-state index contributed by atoms with van der Waals surface area (Å²) in [5, 5.41) is 6.31. The second-order valence-electron chi connectivity index (χ2n) is 4.13. The van der Waals surface area contributed by atoms with Gasteiger partial charge in [0, 0.05) is 21.5 Å². The Bertz CT molecular complexity index is 423. The Morgan fingerprint density at radius 1 is 1.44 bits per heavy atom.